The summed E-state index contributed by atoms with van der Waals surface area (Å²) in [6, 6.07) is 0.279. The molecule has 8 heteroatoms. The van der Waals surface area contributed by atoms with Crippen LogP contribution in [0.5, 0.6) is 0 Å². The topological polar surface area (TPSA) is 72.1 Å². The first-order chi connectivity index (χ1) is 11.9. The number of nitrogens with one attached hydrogen (secondary N) is 2. The number of aliphatic imine (C=N–C) groups is 1. The zero-order valence-electron chi connectivity index (χ0n) is 16.7. The van der Waals surface area contributed by atoms with Crippen LogP contribution in [0.4, 0.5) is 0 Å². The van der Waals surface area contributed by atoms with E-state index in [9.17, 15) is 0 Å². The Morgan fingerprint density at radius 3 is 2.58 bits per heavy atom. The van der Waals surface area contributed by atoms with Crippen molar-refractivity contribution in [3.05, 3.63) is 34.9 Å². The zero-order valence-corrected chi connectivity index (χ0v) is 19.0. The second-order valence-electron chi connectivity index (χ2n) is 6.66. The summed E-state index contributed by atoms with van der Waals surface area (Å²) in [7, 11) is 3.80. The Morgan fingerprint density at radius 1 is 1.31 bits per heavy atom. The van der Waals surface area contributed by atoms with Gasteiger partial charge in [-0.3, -0.25) is 14.4 Å². The average molecular weight is 473 g/mol. The van der Waals surface area contributed by atoms with E-state index in [1.165, 1.54) is 16.8 Å². The number of hydrogen-bond acceptors (Lipinski definition) is 3. The van der Waals surface area contributed by atoms with Crippen molar-refractivity contribution in [1.29, 1.82) is 0 Å². The van der Waals surface area contributed by atoms with E-state index < -0.39 is 0 Å². The third-order valence-corrected chi connectivity index (χ3v) is 4.39. The maximum atomic E-state index is 4.49. The van der Waals surface area contributed by atoms with Crippen LogP contribution in [0.2, 0.25) is 0 Å². The number of aromatic nitrogens is 4. The summed E-state index contributed by atoms with van der Waals surface area (Å²) in [5, 5.41) is 15.6. The number of aryl methyl sites for hydroxylation is 4. The molecule has 146 valence electrons. The number of hydrogen-bond donors (Lipinski definition) is 2. The maximum Gasteiger partial charge on any atom is 0.191 e. The Kier molecular flexibility index (Phi) is 9.11. The fourth-order valence-corrected chi connectivity index (χ4v) is 2.94. The summed E-state index contributed by atoms with van der Waals surface area (Å²) in [4.78, 5) is 4.32. The molecule has 2 aromatic heterocycles. The predicted octanol–water partition coefficient (Wildman–Crippen LogP) is 2.35. The highest BCUT2D eigenvalue weighted by atomic mass is 127. The number of rotatable bonds is 7. The number of halogens is 1. The molecule has 2 aromatic rings. The molecule has 0 bridgehead atoms. The minimum Gasteiger partial charge on any atom is -0.356 e. The van der Waals surface area contributed by atoms with E-state index in [1.54, 1.807) is 7.05 Å². The summed E-state index contributed by atoms with van der Waals surface area (Å²) in [5.41, 5.74) is 4.84. The van der Waals surface area contributed by atoms with Gasteiger partial charge >= 0.3 is 0 Å². The summed E-state index contributed by atoms with van der Waals surface area (Å²) in [6.07, 6.45) is 5.88. The molecule has 0 saturated heterocycles. The van der Waals surface area contributed by atoms with Crippen LogP contribution in [0.15, 0.2) is 17.4 Å². The maximum absolute atomic E-state index is 4.49. The van der Waals surface area contributed by atoms with Crippen molar-refractivity contribution >= 4 is 29.9 Å². The lowest BCUT2D eigenvalue weighted by molar-refractivity contribution is 0.565. The van der Waals surface area contributed by atoms with Gasteiger partial charge in [0.15, 0.2) is 5.96 Å². The van der Waals surface area contributed by atoms with Crippen LogP contribution in [0, 0.1) is 20.8 Å². The van der Waals surface area contributed by atoms with Crippen LogP contribution in [-0.2, 0) is 20.0 Å². The van der Waals surface area contributed by atoms with E-state index in [2.05, 4.69) is 59.7 Å². The molecule has 7 nitrogen and oxygen atoms in total. The molecular formula is C18H32IN7. The fraction of sp³-hybridized carbons (Fsp3) is 0.611. The quantitative estimate of drug-likeness (QED) is 0.280. The fourth-order valence-electron chi connectivity index (χ4n) is 2.94. The second-order valence-corrected chi connectivity index (χ2v) is 6.66. The van der Waals surface area contributed by atoms with Crippen LogP contribution < -0.4 is 10.6 Å². The lowest BCUT2D eigenvalue weighted by Gasteiger charge is -2.18. The van der Waals surface area contributed by atoms with Crippen molar-refractivity contribution in [2.24, 2.45) is 12.0 Å². The monoisotopic (exact) mass is 473 g/mol. The Bertz CT molecular complexity index is 717. The average Bonchev–Trinajstić information content (AvgIpc) is 3.08. The number of nitrogens with zero attached hydrogens (tertiary/aromatic N) is 5. The van der Waals surface area contributed by atoms with Gasteiger partial charge in [-0.15, -0.1) is 24.0 Å². The molecule has 0 radical (unpaired) electrons. The van der Waals surface area contributed by atoms with Crippen LogP contribution in [0.25, 0.3) is 0 Å². The van der Waals surface area contributed by atoms with Crippen molar-refractivity contribution < 1.29 is 0 Å². The van der Waals surface area contributed by atoms with E-state index >= 15 is 0 Å². The summed E-state index contributed by atoms with van der Waals surface area (Å²) < 4.78 is 3.92. The van der Waals surface area contributed by atoms with Gasteiger partial charge in [-0.05, 0) is 51.7 Å². The van der Waals surface area contributed by atoms with Gasteiger partial charge in [0.1, 0.15) is 0 Å². The first-order valence-corrected chi connectivity index (χ1v) is 8.86. The van der Waals surface area contributed by atoms with Crippen molar-refractivity contribution in [1.82, 2.24) is 30.2 Å². The molecule has 0 saturated carbocycles. The molecule has 0 aliphatic heterocycles. The molecular weight excluding hydrogens is 441 g/mol. The van der Waals surface area contributed by atoms with E-state index in [0.717, 1.165) is 37.6 Å². The number of guanidine groups is 1. The molecule has 0 aliphatic carbocycles. The minimum absolute atomic E-state index is 0. The van der Waals surface area contributed by atoms with Gasteiger partial charge in [0.2, 0.25) is 0 Å². The van der Waals surface area contributed by atoms with Crippen molar-refractivity contribution in [2.75, 3.05) is 13.6 Å². The van der Waals surface area contributed by atoms with Crippen LogP contribution >= 0.6 is 24.0 Å². The Balaban J connectivity index is 0.00000338. The van der Waals surface area contributed by atoms with E-state index in [1.807, 2.05) is 22.6 Å². The molecule has 2 N–H and O–H groups in total. The molecule has 2 rings (SSSR count). The van der Waals surface area contributed by atoms with E-state index in [0.29, 0.717) is 0 Å². The summed E-state index contributed by atoms with van der Waals surface area (Å²) >= 11 is 0. The van der Waals surface area contributed by atoms with Gasteiger partial charge in [-0.25, -0.2) is 0 Å². The molecule has 2 heterocycles. The normalized spacial score (nSPS) is 12.6. The summed E-state index contributed by atoms with van der Waals surface area (Å²) in [6.45, 7) is 10.2. The Morgan fingerprint density at radius 2 is 2.04 bits per heavy atom. The molecule has 26 heavy (non-hydrogen) atoms. The zero-order chi connectivity index (χ0) is 18.4. The van der Waals surface area contributed by atoms with Crippen LogP contribution in [-0.4, -0.2) is 45.2 Å². The first kappa shape index (κ1) is 22.5. The highest BCUT2D eigenvalue weighted by Crippen LogP contribution is 2.14. The molecule has 1 unspecified atom stereocenters. The van der Waals surface area contributed by atoms with Gasteiger partial charge < -0.3 is 10.6 Å². The molecule has 0 amide bonds. The van der Waals surface area contributed by atoms with Gasteiger partial charge in [0, 0.05) is 45.1 Å². The third-order valence-electron chi connectivity index (χ3n) is 4.39. The standard InChI is InChI=1S/C18H31N7.HI/c1-13-11-21-25(12-13)9-7-8-20-18(19-5)22-14(2)10-17-15(3)23-24(6)16(17)4;/h11-12,14H,7-10H2,1-6H3,(H2,19,20,22);1H. The van der Waals surface area contributed by atoms with Gasteiger partial charge in [0.05, 0.1) is 11.9 Å². The highest BCUT2D eigenvalue weighted by Gasteiger charge is 2.13. The minimum atomic E-state index is 0. The molecule has 1 atom stereocenters. The summed E-state index contributed by atoms with van der Waals surface area (Å²) in [5.74, 6) is 0.836. The first-order valence-electron chi connectivity index (χ1n) is 8.86. The Hall–Kier alpha value is -1.58. The lowest BCUT2D eigenvalue weighted by Crippen LogP contribution is -2.43. The lowest BCUT2D eigenvalue weighted by atomic mass is 10.1. The molecule has 0 aromatic carbocycles. The second kappa shape index (κ2) is 10.5. The highest BCUT2D eigenvalue weighted by molar-refractivity contribution is 14.0. The van der Waals surface area contributed by atoms with Crippen molar-refractivity contribution in [3.8, 4) is 0 Å². The SMILES string of the molecule is CN=C(NCCCn1cc(C)cn1)NC(C)Cc1c(C)nn(C)c1C.I. The molecule has 0 spiro atoms. The van der Waals surface area contributed by atoms with Gasteiger partial charge in [-0.2, -0.15) is 10.2 Å². The van der Waals surface area contributed by atoms with Crippen LogP contribution in [0.3, 0.4) is 0 Å². The van der Waals surface area contributed by atoms with E-state index in [4.69, 9.17) is 0 Å². The Labute approximate surface area is 173 Å². The smallest absolute Gasteiger partial charge is 0.191 e. The molecule has 0 fully saturated rings. The van der Waals surface area contributed by atoms with Gasteiger partial charge in [0.25, 0.3) is 0 Å². The third kappa shape index (κ3) is 6.30. The van der Waals surface area contributed by atoms with Crippen molar-refractivity contribution in [2.45, 2.75) is 53.1 Å². The largest absolute Gasteiger partial charge is 0.356 e. The van der Waals surface area contributed by atoms with Gasteiger partial charge in [-0.1, -0.05) is 0 Å². The molecule has 0 aliphatic rings. The van der Waals surface area contributed by atoms with E-state index in [-0.39, 0.29) is 30.0 Å². The van der Waals surface area contributed by atoms with Crippen LogP contribution in [0.1, 0.15) is 35.9 Å². The predicted molar refractivity (Wildman–Crippen MR) is 117 cm³/mol. The van der Waals surface area contributed by atoms with Crippen molar-refractivity contribution in [3.63, 3.8) is 0 Å².